The largest absolute Gasteiger partial charge is 0.491 e. The van der Waals surface area contributed by atoms with Crippen LogP contribution in [0.4, 0.5) is 0 Å². The van der Waals surface area contributed by atoms with Gasteiger partial charge in [0, 0.05) is 5.56 Å². The summed E-state index contributed by atoms with van der Waals surface area (Å²) in [7, 11) is 0. The maximum Gasteiger partial charge on any atom is 0.321 e. The fraction of sp³-hybridized carbons (Fsp3) is 0.178. The lowest BCUT2D eigenvalue weighted by Gasteiger charge is -2.33. The van der Waals surface area contributed by atoms with Gasteiger partial charge in [-0.2, -0.15) is 0 Å². The van der Waals surface area contributed by atoms with Crippen molar-refractivity contribution in [1.82, 2.24) is 0 Å². The van der Waals surface area contributed by atoms with Gasteiger partial charge < -0.3 is 24.1 Å². The summed E-state index contributed by atoms with van der Waals surface area (Å²) in [5.74, 6) is -3.77. The number of aliphatic hydroxyl groups excluding tert-OH is 1. The molecule has 0 aromatic heterocycles. The molecule has 8 rings (SSSR count). The van der Waals surface area contributed by atoms with Gasteiger partial charge in [0.25, 0.3) is 0 Å². The molecule has 3 aliphatic rings. The number of ketones is 1. The highest BCUT2D eigenvalue weighted by Crippen LogP contribution is 2.52. The van der Waals surface area contributed by atoms with Crippen LogP contribution in [0.3, 0.4) is 0 Å². The first-order valence-corrected chi connectivity index (χ1v) is 17.9. The summed E-state index contributed by atoms with van der Waals surface area (Å²) >= 11 is 0. The van der Waals surface area contributed by atoms with Crippen molar-refractivity contribution in [3.8, 4) is 28.4 Å². The van der Waals surface area contributed by atoms with Crippen molar-refractivity contribution in [2.24, 2.45) is 11.8 Å². The van der Waals surface area contributed by atoms with Gasteiger partial charge in [0.2, 0.25) is 0 Å². The van der Waals surface area contributed by atoms with Crippen molar-refractivity contribution < 1.29 is 48.0 Å². The van der Waals surface area contributed by atoms with E-state index in [4.69, 9.17) is 18.9 Å². The Morgan fingerprint density at radius 1 is 0.691 bits per heavy atom. The number of hydrogen-bond acceptors (Lipinski definition) is 10. The Bertz CT molecular complexity index is 2310. The molecule has 0 radical (unpaired) electrons. The van der Waals surface area contributed by atoms with E-state index in [9.17, 15) is 29.1 Å². The monoisotopic (exact) mass is 734 g/mol. The predicted molar refractivity (Wildman–Crippen MR) is 199 cm³/mol. The molecule has 0 saturated carbocycles. The minimum absolute atomic E-state index is 0.0576. The van der Waals surface area contributed by atoms with Gasteiger partial charge in [-0.05, 0) is 88.2 Å². The van der Waals surface area contributed by atoms with Crippen LogP contribution in [0.25, 0.3) is 17.2 Å². The van der Waals surface area contributed by atoms with E-state index in [-0.39, 0.29) is 25.2 Å². The third-order valence-electron chi connectivity index (χ3n) is 10.3. The normalized spacial score (nSPS) is 20.7. The van der Waals surface area contributed by atoms with E-state index >= 15 is 0 Å². The third kappa shape index (κ3) is 7.45. The average molecular weight is 735 g/mol. The first-order chi connectivity index (χ1) is 26.7. The summed E-state index contributed by atoms with van der Waals surface area (Å²) in [5.41, 5.74) is 5.27. The van der Waals surface area contributed by atoms with E-state index in [2.05, 4.69) is 0 Å². The summed E-state index contributed by atoms with van der Waals surface area (Å²) in [5, 5.41) is 10.7. The average Bonchev–Trinajstić information content (AvgIpc) is 3.71. The first-order valence-electron chi connectivity index (χ1n) is 17.9. The van der Waals surface area contributed by atoms with Crippen LogP contribution in [0.2, 0.25) is 0 Å². The molecule has 0 spiro atoms. The lowest BCUT2D eigenvalue weighted by atomic mass is 9.67. The summed E-state index contributed by atoms with van der Waals surface area (Å²) in [6, 6.07) is 36.5. The molecule has 5 unspecified atom stereocenters. The number of carbonyl (C=O) groups is 5. The van der Waals surface area contributed by atoms with Gasteiger partial charge in [0.05, 0.1) is 24.2 Å². The summed E-state index contributed by atoms with van der Waals surface area (Å²) < 4.78 is 21.8. The number of esters is 4. The summed E-state index contributed by atoms with van der Waals surface area (Å²) in [6.45, 7) is 0.0576. The third-order valence-corrected chi connectivity index (χ3v) is 10.3. The number of allylic oxidation sites excluding steroid dienone is 1. The number of hydrogen-bond donors (Lipinski definition) is 1. The van der Waals surface area contributed by atoms with Crippen LogP contribution >= 0.6 is 0 Å². The lowest BCUT2D eigenvalue weighted by molar-refractivity contribution is -0.155. The molecule has 1 aliphatic carbocycles. The molecule has 5 aromatic rings. The van der Waals surface area contributed by atoms with Gasteiger partial charge in [-0.3, -0.25) is 24.0 Å². The zero-order valence-corrected chi connectivity index (χ0v) is 29.3. The highest BCUT2D eigenvalue weighted by Gasteiger charge is 2.53. The fourth-order valence-electron chi connectivity index (χ4n) is 7.48. The number of rotatable bonds is 11. The van der Waals surface area contributed by atoms with E-state index < -0.39 is 53.7 Å². The molecular formula is C45H34O10. The second-order valence-electron chi connectivity index (χ2n) is 13.8. The molecule has 2 aliphatic heterocycles. The molecule has 2 fully saturated rings. The maximum absolute atomic E-state index is 12.7. The van der Waals surface area contributed by atoms with Crippen LogP contribution < -0.4 is 9.47 Å². The van der Waals surface area contributed by atoms with E-state index in [0.29, 0.717) is 39.5 Å². The Hall–Kier alpha value is -6.65. The molecular weight excluding hydrogens is 700 g/mol. The van der Waals surface area contributed by atoms with E-state index in [1.807, 2.05) is 78.9 Å². The van der Waals surface area contributed by atoms with Crippen molar-refractivity contribution in [3.05, 3.63) is 155 Å². The van der Waals surface area contributed by atoms with Gasteiger partial charge >= 0.3 is 23.9 Å². The van der Waals surface area contributed by atoms with Crippen LogP contribution in [0.1, 0.15) is 63.4 Å². The number of cyclic esters (lactones) is 4. The highest BCUT2D eigenvalue weighted by molar-refractivity contribution is 6.06. The molecule has 0 bridgehead atoms. The zero-order chi connectivity index (χ0) is 38.1. The Balaban J connectivity index is 0.881. The molecule has 10 heteroatoms. The predicted octanol–water partition coefficient (Wildman–Crippen LogP) is 7.51. The van der Waals surface area contributed by atoms with Gasteiger partial charge in [0.15, 0.2) is 5.78 Å². The quantitative estimate of drug-likeness (QED) is 0.0627. The zero-order valence-electron chi connectivity index (χ0n) is 29.3. The molecule has 5 atom stereocenters. The standard InChI is InChI=1S/C45H34O10/c46-39(29-4-2-1-3-5-29)21-8-26-6-9-30(10-7-26)40(47)25-52-31-15-11-27(12-16-31)28-13-17-32(18-14-28)53-33-19-20-34-35(37-24-41(48)54-43(37)49)23-38-42(36(34)22-33)45(51)55-44(38)50/h1-22,35,37-38,40,42,47H,23-25H2/b21-8+. The van der Waals surface area contributed by atoms with Gasteiger partial charge in [-0.1, -0.05) is 91.0 Å². The minimum Gasteiger partial charge on any atom is -0.491 e. The van der Waals surface area contributed by atoms with E-state index in [1.54, 1.807) is 48.5 Å². The number of ether oxygens (including phenoxy) is 4. The second kappa shape index (κ2) is 15.0. The molecule has 2 heterocycles. The first kappa shape index (κ1) is 35.4. The number of aliphatic hydroxyl groups is 1. The van der Waals surface area contributed by atoms with E-state index in [0.717, 1.165) is 16.7 Å². The Labute approximate surface area is 315 Å². The molecule has 0 amide bonds. The molecule has 2 saturated heterocycles. The van der Waals surface area contributed by atoms with Crippen LogP contribution in [-0.4, -0.2) is 41.4 Å². The lowest BCUT2D eigenvalue weighted by Crippen LogP contribution is -2.31. The maximum atomic E-state index is 12.7. The van der Waals surface area contributed by atoms with Crippen LogP contribution in [-0.2, 0) is 28.7 Å². The smallest absolute Gasteiger partial charge is 0.321 e. The van der Waals surface area contributed by atoms with Crippen molar-refractivity contribution in [1.29, 1.82) is 0 Å². The number of fused-ring (bicyclic) bond motifs is 3. The SMILES string of the molecule is O=C1CC(C2CC3C(=O)OC(=O)C3c3cc(Oc4ccc(-c5ccc(OCC(O)c6ccc(/C=C/C(=O)c7ccccc7)cc6)cc5)cc4)ccc32)C(=O)O1. The van der Waals surface area contributed by atoms with E-state index in [1.165, 1.54) is 6.08 Å². The van der Waals surface area contributed by atoms with Crippen LogP contribution in [0.5, 0.6) is 17.2 Å². The highest BCUT2D eigenvalue weighted by atomic mass is 16.6. The number of carbonyl (C=O) groups excluding carboxylic acids is 5. The fourth-order valence-corrected chi connectivity index (χ4v) is 7.48. The van der Waals surface area contributed by atoms with Crippen molar-refractivity contribution in [2.45, 2.75) is 30.8 Å². The molecule has 274 valence electrons. The second-order valence-corrected chi connectivity index (χ2v) is 13.8. The van der Waals surface area contributed by atoms with Crippen LogP contribution in [0, 0.1) is 11.8 Å². The molecule has 1 N–H and O–H groups in total. The Morgan fingerprint density at radius 2 is 1.35 bits per heavy atom. The van der Waals surface area contributed by atoms with Gasteiger partial charge in [-0.15, -0.1) is 0 Å². The Morgan fingerprint density at radius 3 is 2.02 bits per heavy atom. The van der Waals surface area contributed by atoms with Gasteiger partial charge in [0.1, 0.15) is 30.0 Å². The van der Waals surface area contributed by atoms with Gasteiger partial charge in [-0.25, -0.2) is 0 Å². The molecule has 10 nitrogen and oxygen atoms in total. The van der Waals surface area contributed by atoms with Crippen molar-refractivity contribution in [3.63, 3.8) is 0 Å². The Kier molecular flexibility index (Phi) is 9.65. The summed E-state index contributed by atoms with van der Waals surface area (Å²) in [4.78, 5) is 62.0. The van der Waals surface area contributed by atoms with Crippen molar-refractivity contribution in [2.75, 3.05) is 6.61 Å². The minimum atomic E-state index is -0.847. The van der Waals surface area contributed by atoms with Crippen LogP contribution in [0.15, 0.2) is 127 Å². The van der Waals surface area contributed by atoms with Crippen molar-refractivity contribution >= 4 is 35.7 Å². The topological polar surface area (TPSA) is 142 Å². The molecule has 55 heavy (non-hydrogen) atoms. The summed E-state index contributed by atoms with van der Waals surface area (Å²) in [6.07, 6.45) is 2.56. The number of benzene rings is 5. The molecule has 5 aromatic carbocycles.